The summed E-state index contributed by atoms with van der Waals surface area (Å²) in [6, 6.07) is 7.98. The fraction of sp³-hybridized carbons (Fsp3) is 0.348. The minimum absolute atomic E-state index is 0.125. The van der Waals surface area contributed by atoms with Crippen LogP contribution in [0, 0.1) is 0 Å². The summed E-state index contributed by atoms with van der Waals surface area (Å²) in [5.74, 6) is 0. The predicted molar refractivity (Wildman–Crippen MR) is 125 cm³/mol. The zero-order valence-electron chi connectivity index (χ0n) is 18.0. The first-order valence-corrected chi connectivity index (χ1v) is 11.0. The molecule has 0 saturated carbocycles. The van der Waals surface area contributed by atoms with Gasteiger partial charge in [-0.2, -0.15) is 0 Å². The van der Waals surface area contributed by atoms with Crippen molar-refractivity contribution in [2.75, 3.05) is 31.1 Å². The monoisotopic (exact) mass is 438 g/mol. The van der Waals surface area contributed by atoms with Crippen LogP contribution in [-0.4, -0.2) is 52.7 Å². The van der Waals surface area contributed by atoms with Crippen molar-refractivity contribution < 1.29 is 9.53 Å². The van der Waals surface area contributed by atoms with E-state index < -0.39 is 5.60 Å². The molecule has 31 heavy (non-hydrogen) atoms. The second kappa shape index (κ2) is 8.19. The largest absolute Gasteiger partial charge is 0.444 e. The Kier molecular flexibility index (Phi) is 5.58. The first kappa shape index (κ1) is 21.1. The van der Waals surface area contributed by atoms with E-state index in [2.05, 4.69) is 27.5 Å². The lowest BCUT2D eigenvalue weighted by Gasteiger charge is -2.37. The van der Waals surface area contributed by atoms with E-state index in [0.717, 1.165) is 22.2 Å². The number of fused-ring (bicyclic) bond motifs is 1. The number of aromatic amines is 1. The van der Waals surface area contributed by atoms with E-state index >= 15 is 0 Å². The molecule has 1 amide bonds. The summed E-state index contributed by atoms with van der Waals surface area (Å²) >= 11 is 1.34. The second-order valence-corrected chi connectivity index (χ2v) is 9.69. The first-order chi connectivity index (χ1) is 14.7. The van der Waals surface area contributed by atoms with Gasteiger partial charge in [0.15, 0.2) is 0 Å². The minimum atomic E-state index is -0.499. The average molecular weight is 439 g/mol. The molecule has 3 heterocycles. The van der Waals surface area contributed by atoms with Crippen molar-refractivity contribution in [2.24, 2.45) is 0 Å². The van der Waals surface area contributed by atoms with Gasteiger partial charge in [-0.3, -0.25) is 9.78 Å². The number of piperazine rings is 1. The molecule has 8 heteroatoms. The van der Waals surface area contributed by atoms with E-state index in [-0.39, 0.29) is 11.7 Å². The molecule has 7 nitrogen and oxygen atoms in total. The van der Waals surface area contributed by atoms with E-state index in [4.69, 9.17) is 4.74 Å². The summed E-state index contributed by atoms with van der Waals surface area (Å²) in [6.45, 7) is 12.0. The molecular formula is C23H26N4O3S. The number of nitrogens with one attached hydrogen (secondary N) is 1. The number of amides is 1. The van der Waals surface area contributed by atoms with Crippen LogP contribution in [0.1, 0.15) is 26.3 Å². The predicted octanol–water partition coefficient (Wildman–Crippen LogP) is 2.28. The molecule has 0 unspecified atom stereocenters. The Balaban J connectivity index is 1.59. The van der Waals surface area contributed by atoms with E-state index in [1.54, 1.807) is 11.1 Å². The van der Waals surface area contributed by atoms with Gasteiger partial charge in [0.2, 0.25) is 0 Å². The molecule has 1 N–H and O–H groups in total. The Morgan fingerprint density at radius 3 is 2.61 bits per heavy atom. The van der Waals surface area contributed by atoms with Crippen molar-refractivity contribution in [3.63, 3.8) is 0 Å². The number of carbonyl (C=O) groups is 1. The van der Waals surface area contributed by atoms with Gasteiger partial charge in [0, 0.05) is 43.4 Å². The van der Waals surface area contributed by atoms with Crippen LogP contribution in [0.3, 0.4) is 0 Å². The first-order valence-electron chi connectivity index (χ1n) is 10.2. The molecule has 1 saturated heterocycles. The maximum Gasteiger partial charge on any atom is 0.410 e. The van der Waals surface area contributed by atoms with Crippen molar-refractivity contribution in [3.8, 4) is 0 Å². The Morgan fingerprint density at radius 2 is 1.97 bits per heavy atom. The topological polar surface area (TPSA) is 78.5 Å². The van der Waals surface area contributed by atoms with Crippen LogP contribution in [-0.2, 0) is 4.74 Å². The number of thiazole rings is 1. The molecule has 0 bridgehead atoms. The number of carbonyl (C=O) groups excluding carboxylic acids is 1. The third-order valence-electron chi connectivity index (χ3n) is 5.02. The molecule has 0 atom stereocenters. The second-order valence-electron chi connectivity index (χ2n) is 8.55. The van der Waals surface area contributed by atoms with Crippen LogP contribution in [0.4, 0.5) is 10.5 Å². The van der Waals surface area contributed by atoms with E-state index in [1.807, 2.05) is 45.0 Å². The lowest BCUT2D eigenvalue weighted by atomic mass is 10.1. The van der Waals surface area contributed by atoms with Crippen LogP contribution in [0.25, 0.3) is 23.6 Å². The highest BCUT2D eigenvalue weighted by atomic mass is 32.1. The number of H-pyrrole nitrogens is 1. The zero-order valence-corrected chi connectivity index (χ0v) is 18.8. The van der Waals surface area contributed by atoms with Crippen molar-refractivity contribution in [1.29, 1.82) is 0 Å². The molecule has 1 aliphatic rings. The van der Waals surface area contributed by atoms with Crippen LogP contribution >= 0.6 is 11.3 Å². The highest BCUT2D eigenvalue weighted by molar-refractivity contribution is 7.07. The quantitative estimate of drug-likeness (QED) is 0.664. The number of ether oxygens (including phenoxy) is 1. The van der Waals surface area contributed by atoms with Gasteiger partial charge in [0.25, 0.3) is 5.56 Å². The van der Waals surface area contributed by atoms with E-state index in [9.17, 15) is 9.59 Å². The molecule has 0 spiro atoms. The van der Waals surface area contributed by atoms with Crippen molar-refractivity contribution in [3.05, 3.63) is 55.6 Å². The standard InChI is InChI=1S/C23H26N4O3S/c1-15-25-21(28)20(31-15)14-16-5-6-18-17(13-16)19(7-8-24-18)26-9-11-27(12-10-26)22(29)30-23(2,3)4/h5-8,13-14H,1,9-12H2,2-4H3,(H,25,28)/b20-14+. The normalized spacial score (nSPS) is 15.5. The number of hydrogen-bond acceptors (Lipinski definition) is 6. The summed E-state index contributed by atoms with van der Waals surface area (Å²) in [5.41, 5.74) is 2.27. The molecule has 2 aromatic heterocycles. The van der Waals surface area contributed by atoms with Gasteiger partial charge in [-0.05, 0) is 50.6 Å². The lowest BCUT2D eigenvalue weighted by molar-refractivity contribution is 0.0240. The third-order valence-corrected chi connectivity index (χ3v) is 5.89. The molecule has 1 aliphatic heterocycles. The van der Waals surface area contributed by atoms with Crippen LogP contribution in [0.15, 0.2) is 35.3 Å². The zero-order chi connectivity index (χ0) is 22.2. The van der Waals surface area contributed by atoms with Gasteiger partial charge in [0.1, 0.15) is 5.60 Å². The number of benzene rings is 1. The summed E-state index contributed by atoms with van der Waals surface area (Å²) in [7, 11) is 0. The fourth-order valence-corrected chi connectivity index (χ4v) is 4.36. The van der Waals surface area contributed by atoms with E-state index in [0.29, 0.717) is 35.4 Å². The molecular weight excluding hydrogens is 412 g/mol. The van der Waals surface area contributed by atoms with Crippen molar-refractivity contribution >= 4 is 46.7 Å². The Labute approximate surface area is 184 Å². The number of pyridine rings is 1. The molecule has 162 valence electrons. The molecule has 0 radical (unpaired) electrons. The fourth-order valence-electron chi connectivity index (χ4n) is 3.61. The summed E-state index contributed by atoms with van der Waals surface area (Å²) in [6.07, 6.45) is 3.41. The Bertz CT molecular complexity index is 1280. The smallest absolute Gasteiger partial charge is 0.410 e. The number of nitrogens with zero attached hydrogens (tertiary/aromatic N) is 3. The lowest BCUT2D eigenvalue weighted by Crippen LogP contribution is -2.50. The maximum atomic E-state index is 12.4. The number of hydrogen-bond donors (Lipinski definition) is 1. The SMILES string of the molecule is C=c1[nH]c(=O)/c(=C\c2ccc3nccc(N4CCN(C(=O)OC(C)(C)C)CC4)c3c2)s1. The Hall–Kier alpha value is -3.13. The van der Waals surface area contributed by atoms with Crippen molar-refractivity contribution in [1.82, 2.24) is 14.9 Å². The molecule has 1 aromatic carbocycles. The highest BCUT2D eigenvalue weighted by Gasteiger charge is 2.26. The van der Waals surface area contributed by atoms with Crippen LogP contribution in [0.2, 0.25) is 0 Å². The summed E-state index contributed by atoms with van der Waals surface area (Å²) < 4.78 is 6.76. The van der Waals surface area contributed by atoms with Gasteiger partial charge >= 0.3 is 6.09 Å². The van der Waals surface area contributed by atoms with Crippen LogP contribution < -0.4 is 19.7 Å². The average Bonchev–Trinajstić information content (AvgIpc) is 3.03. The molecule has 1 fully saturated rings. The number of aromatic nitrogens is 2. The summed E-state index contributed by atoms with van der Waals surface area (Å²) in [5, 5.41) is 1.02. The molecule has 3 aromatic rings. The maximum absolute atomic E-state index is 12.4. The van der Waals surface area contributed by atoms with Gasteiger partial charge in [0.05, 0.1) is 14.7 Å². The van der Waals surface area contributed by atoms with Gasteiger partial charge in [-0.15, -0.1) is 11.3 Å². The Morgan fingerprint density at radius 1 is 1.23 bits per heavy atom. The molecule has 0 aliphatic carbocycles. The minimum Gasteiger partial charge on any atom is -0.444 e. The van der Waals surface area contributed by atoms with Gasteiger partial charge < -0.3 is 19.5 Å². The van der Waals surface area contributed by atoms with Gasteiger partial charge in [-0.1, -0.05) is 12.6 Å². The van der Waals surface area contributed by atoms with Crippen LogP contribution in [0.5, 0.6) is 0 Å². The third kappa shape index (κ3) is 4.80. The summed E-state index contributed by atoms with van der Waals surface area (Å²) in [4.78, 5) is 35.6. The molecule has 4 rings (SSSR count). The van der Waals surface area contributed by atoms with E-state index in [1.165, 1.54) is 11.3 Å². The number of rotatable bonds is 2. The van der Waals surface area contributed by atoms with Gasteiger partial charge in [-0.25, -0.2) is 4.79 Å². The number of anilines is 1. The van der Waals surface area contributed by atoms with Crippen molar-refractivity contribution in [2.45, 2.75) is 26.4 Å². The highest BCUT2D eigenvalue weighted by Crippen LogP contribution is 2.27.